The molecule has 0 aliphatic rings. The summed E-state index contributed by atoms with van der Waals surface area (Å²) in [4.78, 5) is 14.6. The summed E-state index contributed by atoms with van der Waals surface area (Å²) in [6.07, 6.45) is 3.64. The predicted octanol–water partition coefficient (Wildman–Crippen LogP) is 3.29. The molecular formula is C20H25N5O. The van der Waals surface area contributed by atoms with Gasteiger partial charge in [0.2, 0.25) is 0 Å². The highest BCUT2D eigenvalue weighted by Gasteiger charge is 2.18. The summed E-state index contributed by atoms with van der Waals surface area (Å²) >= 11 is 0. The zero-order chi connectivity index (χ0) is 18.8. The van der Waals surface area contributed by atoms with Gasteiger partial charge in [-0.15, -0.1) is 0 Å². The molecule has 2 aromatic heterocycles. The van der Waals surface area contributed by atoms with Crippen LogP contribution in [-0.4, -0.2) is 37.4 Å². The van der Waals surface area contributed by atoms with Crippen LogP contribution in [0.25, 0.3) is 5.69 Å². The van der Waals surface area contributed by atoms with Gasteiger partial charge in [-0.25, -0.2) is 4.68 Å². The number of aryl methyl sites for hydroxylation is 3. The molecule has 0 atom stereocenters. The lowest BCUT2D eigenvalue weighted by Crippen LogP contribution is -2.27. The van der Waals surface area contributed by atoms with Crippen molar-refractivity contribution in [3.63, 3.8) is 0 Å². The molecule has 0 N–H and O–H groups in total. The first-order valence-corrected chi connectivity index (χ1v) is 8.81. The molecule has 1 amide bonds. The van der Waals surface area contributed by atoms with Crippen molar-refractivity contribution in [3.05, 3.63) is 64.7 Å². The van der Waals surface area contributed by atoms with E-state index in [0.717, 1.165) is 34.7 Å². The van der Waals surface area contributed by atoms with Crippen molar-refractivity contribution in [2.45, 2.75) is 40.8 Å². The van der Waals surface area contributed by atoms with Gasteiger partial charge in [-0.1, -0.05) is 0 Å². The van der Waals surface area contributed by atoms with Crippen LogP contribution in [0, 0.1) is 20.8 Å². The van der Waals surface area contributed by atoms with Gasteiger partial charge in [0.1, 0.15) is 0 Å². The number of carbonyl (C=O) groups is 1. The van der Waals surface area contributed by atoms with Gasteiger partial charge < -0.3 is 4.90 Å². The number of rotatable bonds is 5. The van der Waals surface area contributed by atoms with E-state index in [-0.39, 0.29) is 5.91 Å². The third-order valence-corrected chi connectivity index (χ3v) is 4.77. The Labute approximate surface area is 154 Å². The Kier molecular flexibility index (Phi) is 4.93. The van der Waals surface area contributed by atoms with E-state index in [1.54, 1.807) is 15.8 Å². The van der Waals surface area contributed by atoms with E-state index in [4.69, 9.17) is 0 Å². The molecule has 1 aromatic carbocycles. The average molecular weight is 351 g/mol. The van der Waals surface area contributed by atoms with Crippen LogP contribution < -0.4 is 0 Å². The molecule has 136 valence electrons. The van der Waals surface area contributed by atoms with Crippen LogP contribution in [0.1, 0.15) is 39.8 Å². The van der Waals surface area contributed by atoms with Gasteiger partial charge in [-0.3, -0.25) is 9.48 Å². The van der Waals surface area contributed by atoms with Gasteiger partial charge in [0.15, 0.2) is 0 Å². The summed E-state index contributed by atoms with van der Waals surface area (Å²) in [5.74, 6) is 0.00293. The molecule has 0 saturated carbocycles. The highest BCUT2D eigenvalue weighted by molar-refractivity contribution is 5.94. The third kappa shape index (κ3) is 3.27. The molecule has 0 radical (unpaired) electrons. The first-order chi connectivity index (χ1) is 12.4. The minimum Gasteiger partial charge on any atom is -0.337 e. The number of carbonyl (C=O) groups excluding carboxylic acids is 1. The van der Waals surface area contributed by atoms with E-state index in [1.807, 2.05) is 56.0 Å². The van der Waals surface area contributed by atoms with Crippen LogP contribution >= 0.6 is 0 Å². The smallest absolute Gasteiger partial charge is 0.253 e. The minimum atomic E-state index is 0.00293. The van der Waals surface area contributed by atoms with Gasteiger partial charge >= 0.3 is 0 Å². The van der Waals surface area contributed by atoms with Crippen molar-refractivity contribution in [2.24, 2.45) is 0 Å². The summed E-state index contributed by atoms with van der Waals surface area (Å²) in [5, 5.41) is 8.79. The summed E-state index contributed by atoms with van der Waals surface area (Å²) in [6.45, 7) is 9.50. The normalized spacial score (nSPS) is 11.0. The number of hydrogen-bond donors (Lipinski definition) is 0. The molecule has 0 aliphatic heterocycles. The second-order valence-electron chi connectivity index (χ2n) is 6.58. The summed E-state index contributed by atoms with van der Waals surface area (Å²) in [5.41, 5.74) is 5.89. The fourth-order valence-electron chi connectivity index (χ4n) is 3.26. The predicted molar refractivity (Wildman–Crippen MR) is 101 cm³/mol. The first kappa shape index (κ1) is 17.9. The van der Waals surface area contributed by atoms with E-state index < -0.39 is 0 Å². The van der Waals surface area contributed by atoms with Gasteiger partial charge in [-0.05, 0) is 57.5 Å². The Morgan fingerprint density at radius 3 is 2.58 bits per heavy atom. The maximum Gasteiger partial charge on any atom is 0.253 e. The van der Waals surface area contributed by atoms with Crippen LogP contribution in [0.15, 0.2) is 36.7 Å². The lowest BCUT2D eigenvalue weighted by molar-refractivity contribution is 0.0784. The van der Waals surface area contributed by atoms with Crippen LogP contribution in [0.2, 0.25) is 0 Å². The second kappa shape index (κ2) is 7.15. The Bertz CT molecular complexity index is 924. The number of benzene rings is 1. The Morgan fingerprint density at radius 2 is 2.00 bits per heavy atom. The Morgan fingerprint density at radius 1 is 1.23 bits per heavy atom. The number of amides is 1. The lowest BCUT2D eigenvalue weighted by Gasteiger charge is -2.18. The highest BCUT2D eigenvalue weighted by Crippen LogP contribution is 2.19. The van der Waals surface area contributed by atoms with E-state index >= 15 is 0 Å². The number of aromatic nitrogens is 4. The van der Waals surface area contributed by atoms with Crippen LogP contribution in [-0.2, 0) is 13.1 Å². The Hall–Kier alpha value is -2.89. The number of hydrogen-bond acceptors (Lipinski definition) is 3. The van der Waals surface area contributed by atoms with Gasteiger partial charge in [-0.2, -0.15) is 10.2 Å². The fraction of sp³-hybridized carbons (Fsp3) is 0.350. The molecule has 0 fully saturated rings. The van der Waals surface area contributed by atoms with E-state index in [9.17, 15) is 4.79 Å². The number of nitrogens with zero attached hydrogens (tertiary/aromatic N) is 5. The van der Waals surface area contributed by atoms with E-state index in [1.165, 1.54) is 0 Å². The van der Waals surface area contributed by atoms with Crippen molar-refractivity contribution in [1.29, 1.82) is 0 Å². The van der Waals surface area contributed by atoms with Gasteiger partial charge in [0.25, 0.3) is 5.91 Å². The molecule has 0 spiro atoms. The van der Waals surface area contributed by atoms with Crippen molar-refractivity contribution in [2.75, 3.05) is 7.05 Å². The molecule has 2 heterocycles. The summed E-state index contributed by atoms with van der Waals surface area (Å²) in [7, 11) is 1.83. The first-order valence-electron chi connectivity index (χ1n) is 8.81. The third-order valence-electron chi connectivity index (χ3n) is 4.77. The zero-order valence-corrected chi connectivity index (χ0v) is 16.0. The van der Waals surface area contributed by atoms with Crippen LogP contribution in [0.5, 0.6) is 0 Å². The van der Waals surface area contributed by atoms with Crippen molar-refractivity contribution in [3.8, 4) is 5.69 Å². The second-order valence-corrected chi connectivity index (χ2v) is 6.58. The maximum atomic E-state index is 12.9. The molecule has 0 aliphatic carbocycles. The molecule has 6 heteroatoms. The quantitative estimate of drug-likeness (QED) is 0.709. The molecule has 0 bridgehead atoms. The topological polar surface area (TPSA) is 56.0 Å². The molecule has 3 aromatic rings. The zero-order valence-electron chi connectivity index (χ0n) is 16.0. The lowest BCUT2D eigenvalue weighted by atomic mass is 10.1. The summed E-state index contributed by atoms with van der Waals surface area (Å²) in [6, 6.07) is 7.60. The minimum absolute atomic E-state index is 0.00293. The van der Waals surface area contributed by atoms with Crippen LogP contribution in [0.3, 0.4) is 0 Å². The van der Waals surface area contributed by atoms with Gasteiger partial charge in [0, 0.05) is 49.4 Å². The van der Waals surface area contributed by atoms with Gasteiger partial charge in [0.05, 0.1) is 11.4 Å². The monoisotopic (exact) mass is 351 g/mol. The van der Waals surface area contributed by atoms with E-state index in [0.29, 0.717) is 12.1 Å². The maximum absolute atomic E-state index is 12.9. The summed E-state index contributed by atoms with van der Waals surface area (Å²) < 4.78 is 3.78. The molecule has 0 unspecified atom stereocenters. The Balaban J connectivity index is 1.81. The van der Waals surface area contributed by atoms with Crippen molar-refractivity contribution >= 4 is 5.91 Å². The molecule has 26 heavy (non-hydrogen) atoms. The SMILES string of the molecule is CCn1nc(C)c(CN(C)C(=O)c2ccc(-n3cccn3)c(C)c2)c1C. The van der Waals surface area contributed by atoms with Crippen LogP contribution in [0.4, 0.5) is 0 Å². The largest absolute Gasteiger partial charge is 0.337 e. The van der Waals surface area contributed by atoms with Crippen molar-refractivity contribution < 1.29 is 4.79 Å². The standard InChI is InChI=1S/C20H25N5O/c1-6-24-16(4)18(15(3)22-24)13-23(5)20(26)17-8-9-19(14(2)12-17)25-11-7-10-21-25/h7-12H,6,13H2,1-5H3. The fourth-order valence-corrected chi connectivity index (χ4v) is 3.26. The molecule has 6 nitrogen and oxygen atoms in total. The average Bonchev–Trinajstić information content (AvgIpc) is 3.24. The molecule has 0 saturated heterocycles. The molecule has 3 rings (SSSR count). The molecular weight excluding hydrogens is 326 g/mol. The van der Waals surface area contributed by atoms with Crippen molar-refractivity contribution in [1.82, 2.24) is 24.5 Å². The highest BCUT2D eigenvalue weighted by atomic mass is 16.2. The van der Waals surface area contributed by atoms with E-state index in [2.05, 4.69) is 24.0 Å².